The van der Waals surface area contributed by atoms with E-state index in [-0.39, 0.29) is 11.4 Å². The minimum Gasteiger partial charge on any atom is -0.478 e. The van der Waals surface area contributed by atoms with E-state index in [1.807, 2.05) is 0 Å². The Morgan fingerprint density at radius 2 is 2.13 bits per heavy atom. The van der Waals surface area contributed by atoms with E-state index in [9.17, 15) is 9.18 Å². The molecule has 3 N–H and O–H groups in total. The number of nitrogens with two attached hydrogens (primary N) is 1. The first-order valence-corrected chi connectivity index (χ1v) is 4.16. The Kier molecular flexibility index (Phi) is 2.00. The van der Waals surface area contributed by atoms with Gasteiger partial charge in [0.1, 0.15) is 11.6 Å². The summed E-state index contributed by atoms with van der Waals surface area (Å²) in [7, 11) is 0. The molecule has 0 bridgehead atoms. The zero-order valence-electron chi connectivity index (χ0n) is 7.57. The predicted molar refractivity (Wildman–Crippen MR) is 53.1 cm³/mol. The van der Waals surface area contributed by atoms with Gasteiger partial charge >= 0.3 is 5.97 Å². The SMILES string of the molecule is Nc1ncc(C(=O)O)c2ccc(F)cc12. The molecule has 0 radical (unpaired) electrons. The number of carbonyl (C=O) groups is 1. The van der Waals surface area contributed by atoms with E-state index in [0.29, 0.717) is 10.8 Å². The van der Waals surface area contributed by atoms with Crippen molar-refractivity contribution < 1.29 is 14.3 Å². The van der Waals surface area contributed by atoms with Crippen molar-refractivity contribution in [3.63, 3.8) is 0 Å². The van der Waals surface area contributed by atoms with Gasteiger partial charge in [0.2, 0.25) is 0 Å². The molecule has 0 saturated carbocycles. The van der Waals surface area contributed by atoms with Gasteiger partial charge in [-0.3, -0.25) is 0 Å². The van der Waals surface area contributed by atoms with Crippen molar-refractivity contribution in [2.45, 2.75) is 0 Å². The minimum absolute atomic E-state index is 0.0131. The first-order valence-electron chi connectivity index (χ1n) is 4.16. The molecule has 2 rings (SSSR count). The van der Waals surface area contributed by atoms with E-state index in [0.717, 1.165) is 6.20 Å². The minimum atomic E-state index is -1.11. The molecule has 0 unspecified atom stereocenters. The van der Waals surface area contributed by atoms with Gasteiger partial charge in [-0.05, 0) is 12.1 Å². The summed E-state index contributed by atoms with van der Waals surface area (Å²) in [6, 6.07) is 3.74. The fourth-order valence-corrected chi connectivity index (χ4v) is 1.41. The molecule has 0 spiro atoms. The lowest BCUT2D eigenvalue weighted by atomic mass is 10.1. The van der Waals surface area contributed by atoms with Crippen LogP contribution in [0.25, 0.3) is 10.8 Å². The highest BCUT2D eigenvalue weighted by Gasteiger charge is 2.11. The summed E-state index contributed by atoms with van der Waals surface area (Å²) in [5.74, 6) is -1.47. The van der Waals surface area contributed by atoms with Gasteiger partial charge in [-0.1, -0.05) is 6.07 Å². The third kappa shape index (κ3) is 1.48. The third-order valence-electron chi connectivity index (χ3n) is 2.11. The largest absolute Gasteiger partial charge is 0.478 e. The van der Waals surface area contributed by atoms with E-state index >= 15 is 0 Å². The van der Waals surface area contributed by atoms with Crippen LogP contribution in [0, 0.1) is 5.82 Å². The molecule has 4 nitrogen and oxygen atoms in total. The van der Waals surface area contributed by atoms with Gasteiger partial charge in [-0.25, -0.2) is 14.2 Å². The van der Waals surface area contributed by atoms with Crippen LogP contribution in [-0.2, 0) is 0 Å². The van der Waals surface area contributed by atoms with Crippen molar-refractivity contribution in [3.8, 4) is 0 Å². The van der Waals surface area contributed by atoms with E-state index in [2.05, 4.69) is 4.98 Å². The molecule has 1 aromatic heterocycles. The van der Waals surface area contributed by atoms with Crippen molar-refractivity contribution in [3.05, 3.63) is 35.8 Å². The number of anilines is 1. The zero-order chi connectivity index (χ0) is 11.0. The number of hydrogen-bond acceptors (Lipinski definition) is 3. The fraction of sp³-hybridized carbons (Fsp3) is 0. The van der Waals surface area contributed by atoms with Crippen LogP contribution in [0.15, 0.2) is 24.4 Å². The summed E-state index contributed by atoms with van der Waals surface area (Å²) < 4.78 is 12.9. The highest BCUT2D eigenvalue weighted by Crippen LogP contribution is 2.23. The second-order valence-electron chi connectivity index (χ2n) is 3.05. The number of carboxylic acids is 1. The zero-order valence-corrected chi connectivity index (χ0v) is 7.57. The summed E-state index contributed by atoms with van der Waals surface area (Å²) in [5, 5.41) is 9.57. The number of halogens is 1. The molecule has 15 heavy (non-hydrogen) atoms. The Morgan fingerprint density at radius 3 is 2.80 bits per heavy atom. The molecule has 0 saturated heterocycles. The normalized spacial score (nSPS) is 10.5. The molecule has 0 aliphatic heterocycles. The maximum atomic E-state index is 12.9. The number of fused-ring (bicyclic) bond motifs is 1. The molecular formula is C10H7FN2O2. The highest BCUT2D eigenvalue weighted by atomic mass is 19.1. The predicted octanol–water partition coefficient (Wildman–Crippen LogP) is 1.65. The van der Waals surface area contributed by atoms with Gasteiger partial charge < -0.3 is 10.8 Å². The van der Waals surface area contributed by atoms with Crippen molar-refractivity contribution in [2.75, 3.05) is 5.73 Å². The molecular weight excluding hydrogens is 199 g/mol. The number of benzene rings is 1. The van der Waals surface area contributed by atoms with Crippen molar-refractivity contribution in [1.82, 2.24) is 4.98 Å². The van der Waals surface area contributed by atoms with Crippen molar-refractivity contribution in [2.24, 2.45) is 0 Å². The number of aromatic carboxylic acids is 1. The smallest absolute Gasteiger partial charge is 0.337 e. The monoisotopic (exact) mass is 206 g/mol. The number of hydrogen-bond donors (Lipinski definition) is 2. The maximum Gasteiger partial charge on any atom is 0.337 e. The van der Waals surface area contributed by atoms with Gasteiger partial charge in [0.15, 0.2) is 0 Å². The van der Waals surface area contributed by atoms with Gasteiger partial charge in [-0.15, -0.1) is 0 Å². The second kappa shape index (κ2) is 3.20. The number of carboxylic acid groups (broad SMARTS) is 1. The molecule has 0 aliphatic carbocycles. The third-order valence-corrected chi connectivity index (χ3v) is 2.11. The quantitative estimate of drug-likeness (QED) is 0.743. The number of pyridine rings is 1. The van der Waals surface area contributed by atoms with Gasteiger partial charge in [0, 0.05) is 17.0 Å². The molecule has 1 heterocycles. The molecule has 0 amide bonds. The molecule has 0 fully saturated rings. The van der Waals surface area contributed by atoms with Crippen LogP contribution in [0.2, 0.25) is 0 Å². The molecule has 2 aromatic rings. The number of rotatable bonds is 1. The molecule has 0 atom stereocenters. The van der Waals surface area contributed by atoms with Gasteiger partial charge in [0.05, 0.1) is 5.56 Å². The Morgan fingerprint density at radius 1 is 1.40 bits per heavy atom. The Labute approximate surface area is 84.2 Å². The summed E-state index contributed by atoms with van der Waals surface area (Å²) >= 11 is 0. The van der Waals surface area contributed by atoms with Crippen LogP contribution >= 0.6 is 0 Å². The standard InChI is InChI=1S/C10H7FN2O2/c11-5-1-2-6-7(3-5)9(12)13-4-8(6)10(14)15/h1-4H,(H2,12,13)(H,14,15). The average Bonchev–Trinajstić information content (AvgIpc) is 2.19. The molecule has 5 heteroatoms. The topological polar surface area (TPSA) is 76.2 Å². The maximum absolute atomic E-state index is 12.9. The summed E-state index contributed by atoms with van der Waals surface area (Å²) in [4.78, 5) is 14.5. The lowest BCUT2D eigenvalue weighted by Crippen LogP contribution is -2.01. The lowest BCUT2D eigenvalue weighted by Gasteiger charge is -2.04. The fourth-order valence-electron chi connectivity index (χ4n) is 1.41. The van der Waals surface area contributed by atoms with E-state index in [1.54, 1.807) is 0 Å². The number of nitrogen functional groups attached to an aromatic ring is 1. The summed E-state index contributed by atoms with van der Waals surface area (Å²) in [5.41, 5.74) is 5.54. The van der Waals surface area contributed by atoms with E-state index in [4.69, 9.17) is 10.8 Å². The molecule has 0 aliphatic rings. The lowest BCUT2D eigenvalue weighted by molar-refractivity contribution is 0.0698. The van der Waals surface area contributed by atoms with Crippen LogP contribution in [0.1, 0.15) is 10.4 Å². The van der Waals surface area contributed by atoms with E-state index < -0.39 is 11.8 Å². The van der Waals surface area contributed by atoms with Gasteiger partial charge in [0.25, 0.3) is 0 Å². The van der Waals surface area contributed by atoms with Crippen LogP contribution in [-0.4, -0.2) is 16.1 Å². The highest BCUT2D eigenvalue weighted by molar-refractivity contribution is 6.06. The molecule has 1 aromatic carbocycles. The number of nitrogens with zero attached hydrogens (tertiary/aromatic N) is 1. The van der Waals surface area contributed by atoms with Crippen LogP contribution in [0.5, 0.6) is 0 Å². The Bertz CT molecular complexity index is 554. The summed E-state index contributed by atoms with van der Waals surface area (Å²) in [6.45, 7) is 0. The second-order valence-corrected chi connectivity index (χ2v) is 3.05. The average molecular weight is 206 g/mol. The first-order chi connectivity index (χ1) is 7.09. The van der Waals surface area contributed by atoms with Crippen molar-refractivity contribution in [1.29, 1.82) is 0 Å². The van der Waals surface area contributed by atoms with Crippen LogP contribution in [0.4, 0.5) is 10.2 Å². The van der Waals surface area contributed by atoms with Crippen LogP contribution in [0.3, 0.4) is 0 Å². The molecule has 76 valence electrons. The van der Waals surface area contributed by atoms with Crippen LogP contribution < -0.4 is 5.73 Å². The Hall–Kier alpha value is -2.17. The van der Waals surface area contributed by atoms with E-state index in [1.165, 1.54) is 18.2 Å². The Balaban J connectivity index is 2.88. The first kappa shape index (κ1) is 9.39. The van der Waals surface area contributed by atoms with Crippen molar-refractivity contribution >= 4 is 22.6 Å². The van der Waals surface area contributed by atoms with Gasteiger partial charge in [-0.2, -0.15) is 0 Å². The summed E-state index contributed by atoms with van der Waals surface area (Å²) in [6.07, 6.45) is 1.16. The number of aromatic nitrogens is 1.